The van der Waals surface area contributed by atoms with Crippen LogP contribution in [-0.2, 0) is 11.2 Å². The monoisotopic (exact) mass is 285 g/mol. The van der Waals surface area contributed by atoms with Crippen LogP contribution in [0.3, 0.4) is 0 Å². The first-order valence-corrected chi connectivity index (χ1v) is 8.58. The zero-order chi connectivity index (χ0) is 12.4. The van der Waals surface area contributed by atoms with E-state index in [4.69, 9.17) is 4.74 Å². The van der Waals surface area contributed by atoms with E-state index in [0.29, 0.717) is 0 Å². The highest BCUT2D eigenvalue weighted by atomic mass is 32.2. The third-order valence-electron chi connectivity index (χ3n) is 3.63. The van der Waals surface area contributed by atoms with Crippen molar-refractivity contribution in [2.75, 3.05) is 24.7 Å². The lowest BCUT2D eigenvalue weighted by Crippen LogP contribution is -2.55. The van der Waals surface area contributed by atoms with Crippen molar-refractivity contribution >= 4 is 23.1 Å². The SMILES string of the molecule is CCc1nnc(C2NCCOC23CCCSC3)s1. The lowest BCUT2D eigenvalue weighted by molar-refractivity contribution is -0.0889. The maximum absolute atomic E-state index is 6.17. The normalized spacial score (nSPS) is 32.8. The van der Waals surface area contributed by atoms with Crippen LogP contribution in [0.5, 0.6) is 0 Å². The fourth-order valence-corrected chi connectivity index (χ4v) is 4.90. The molecule has 6 heteroatoms. The molecule has 2 aliphatic heterocycles. The smallest absolute Gasteiger partial charge is 0.137 e. The predicted octanol–water partition coefficient (Wildman–Crippen LogP) is 2.03. The molecular formula is C12H19N3OS2. The molecule has 0 aliphatic carbocycles. The molecule has 2 atom stereocenters. The van der Waals surface area contributed by atoms with E-state index in [1.165, 1.54) is 12.2 Å². The minimum atomic E-state index is -0.0499. The Labute approximate surface area is 116 Å². The van der Waals surface area contributed by atoms with Crippen molar-refractivity contribution in [2.45, 2.75) is 37.8 Å². The first-order chi connectivity index (χ1) is 8.84. The van der Waals surface area contributed by atoms with E-state index >= 15 is 0 Å². The fraction of sp³-hybridized carbons (Fsp3) is 0.833. The van der Waals surface area contributed by atoms with Crippen LogP contribution in [0.25, 0.3) is 0 Å². The van der Waals surface area contributed by atoms with E-state index < -0.39 is 0 Å². The molecular weight excluding hydrogens is 266 g/mol. The van der Waals surface area contributed by atoms with Crippen molar-refractivity contribution in [3.63, 3.8) is 0 Å². The van der Waals surface area contributed by atoms with Gasteiger partial charge in [0, 0.05) is 12.3 Å². The number of morpholine rings is 1. The molecule has 0 saturated carbocycles. The molecule has 2 saturated heterocycles. The van der Waals surface area contributed by atoms with E-state index in [2.05, 4.69) is 22.4 Å². The molecule has 18 heavy (non-hydrogen) atoms. The predicted molar refractivity (Wildman–Crippen MR) is 75.3 cm³/mol. The maximum Gasteiger partial charge on any atom is 0.137 e. The molecule has 1 aromatic rings. The molecule has 100 valence electrons. The Morgan fingerprint density at radius 1 is 1.50 bits per heavy atom. The quantitative estimate of drug-likeness (QED) is 0.901. The van der Waals surface area contributed by atoms with Crippen LogP contribution < -0.4 is 5.32 Å². The van der Waals surface area contributed by atoms with Crippen LogP contribution in [0, 0.1) is 0 Å². The molecule has 2 unspecified atom stereocenters. The number of nitrogens with one attached hydrogen (secondary N) is 1. The number of rotatable bonds is 2. The number of thioether (sulfide) groups is 1. The lowest BCUT2D eigenvalue weighted by atomic mass is 9.89. The van der Waals surface area contributed by atoms with Gasteiger partial charge in [0.1, 0.15) is 10.0 Å². The van der Waals surface area contributed by atoms with Gasteiger partial charge in [-0.3, -0.25) is 0 Å². The average Bonchev–Trinajstić information content (AvgIpc) is 2.89. The minimum absolute atomic E-state index is 0.0499. The Bertz CT molecular complexity index is 396. The zero-order valence-electron chi connectivity index (χ0n) is 10.6. The van der Waals surface area contributed by atoms with E-state index in [-0.39, 0.29) is 11.6 Å². The zero-order valence-corrected chi connectivity index (χ0v) is 12.3. The number of aromatic nitrogens is 2. The molecule has 1 aromatic heterocycles. The molecule has 0 radical (unpaired) electrons. The summed E-state index contributed by atoms with van der Waals surface area (Å²) in [6.45, 7) is 3.86. The summed E-state index contributed by atoms with van der Waals surface area (Å²) in [5, 5.41) is 14.5. The Balaban J connectivity index is 1.86. The second-order valence-corrected chi connectivity index (χ2v) is 7.04. The second-order valence-electron chi connectivity index (χ2n) is 4.84. The number of hydrogen-bond donors (Lipinski definition) is 1. The van der Waals surface area contributed by atoms with Crippen LogP contribution in [0.2, 0.25) is 0 Å². The molecule has 2 fully saturated rings. The number of ether oxygens (including phenoxy) is 1. The van der Waals surface area contributed by atoms with Crippen molar-refractivity contribution in [1.29, 1.82) is 0 Å². The highest BCUT2D eigenvalue weighted by Crippen LogP contribution is 2.42. The van der Waals surface area contributed by atoms with Crippen molar-refractivity contribution in [3.05, 3.63) is 10.0 Å². The molecule has 0 bridgehead atoms. The molecule has 3 rings (SSSR count). The molecule has 3 heterocycles. The van der Waals surface area contributed by atoms with Crippen LogP contribution in [0.1, 0.15) is 35.8 Å². The largest absolute Gasteiger partial charge is 0.371 e. The lowest BCUT2D eigenvalue weighted by Gasteiger charge is -2.45. The van der Waals surface area contributed by atoms with E-state index in [9.17, 15) is 0 Å². The highest BCUT2D eigenvalue weighted by molar-refractivity contribution is 7.99. The summed E-state index contributed by atoms with van der Waals surface area (Å²) in [5.74, 6) is 2.33. The van der Waals surface area contributed by atoms with E-state index in [0.717, 1.165) is 41.8 Å². The number of nitrogens with zero attached hydrogens (tertiary/aromatic N) is 2. The van der Waals surface area contributed by atoms with Crippen LogP contribution in [0.4, 0.5) is 0 Å². The topological polar surface area (TPSA) is 47.0 Å². The Morgan fingerprint density at radius 2 is 2.44 bits per heavy atom. The average molecular weight is 285 g/mol. The number of hydrogen-bond acceptors (Lipinski definition) is 6. The summed E-state index contributed by atoms with van der Waals surface area (Å²) in [7, 11) is 0. The summed E-state index contributed by atoms with van der Waals surface area (Å²) < 4.78 is 6.17. The molecule has 2 aliphatic rings. The van der Waals surface area contributed by atoms with Gasteiger partial charge in [0.2, 0.25) is 0 Å². The molecule has 1 N–H and O–H groups in total. The van der Waals surface area contributed by atoms with Crippen LogP contribution >= 0.6 is 23.1 Å². The van der Waals surface area contributed by atoms with Gasteiger partial charge in [0.25, 0.3) is 0 Å². The van der Waals surface area contributed by atoms with Crippen molar-refractivity contribution < 1.29 is 4.74 Å². The van der Waals surface area contributed by atoms with Gasteiger partial charge in [0.15, 0.2) is 0 Å². The molecule has 4 nitrogen and oxygen atoms in total. The van der Waals surface area contributed by atoms with E-state index in [1.807, 2.05) is 11.8 Å². The van der Waals surface area contributed by atoms with Gasteiger partial charge in [-0.2, -0.15) is 11.8 Å². The van der Waals surface area contributed by atoms with Crippen molar-refractivity contribution in [1.82, 2.24) is 15.5 Å². The maximum atomic E-state index is 6.17. The molecule has 0 aromatic carbocycles. The van der Waals surface area contributed by atoms with E-state index in [1.54, 1.807) is 11.3 Å². The van der Waals surface area contributed by atoms with Gasteiger partial charge in [-0.05, 0) is 25.0 Å². The third-order valence-corrected chi connectivity index (χ3v) is 6.04. The Kier molecular flexibility index (Phi) is 3.89. The summed E-state index contributed by atoms with van der Waals surface area (Å²) in [4.78, 5) is 0. The van der Waals surface area contributed by atoms with Gasteiger partial charge in [0.05, 0.1) is 18.2 Å². The van der Waals surface area contributed by atoms with Gasteiger partial charge in [-0.1, -0.05) is 18.3 Å². The van der Waals surface area contributed by atoms with Gasteiger partial charge < -0.3 is 10.1 Å². The fourth-order valence-electron chi connectivity index (χ4n) is 2.70. The summed E-state index contributed by atoms with van der Waals surface area (Å²) >= 11 is 3.74. The standard InChI is InChI=1S/C12H19N3OS2/c1-2-9-14-15-11(18-9)10-12(16-6-5-13-10)4-3-7-17-8-12/h10,13H,2-8H2,1H3. The molecule has 0 amide bonds. The first kappa shape index (κ1) is 12.8. The number of aryl methyl sites for hydroxylation is 1. The Morgan fingerprint density at radius 3 is 3.17 bits per heavy atom. The second kappa shape index (κ2) is 5.45. The van der Waals surface area contributed by atoms with Gasteiger partial charge in [-0.15, -0.1) is 10.2 Å². The van der Waals surface area contributed by atoms with Crippen molar-refractivity contribution in [2.24, 2.45) is 0 Å². The summed E-state index contributed by atoms with van der Waals surface area (Å²) in [6, 6.07) is 0.233. The first-order valence-electron chi connectivity index (χ1n) is 6.61. The van der Waals surface area contributed by atoms with Crippen LogP contribution in [0.15, 0.2) is 0 Å². The summed E-state index contributed by atoms with van der Waals surface area (Å²) in [5.41, 5.74) is -0.0499. The summed E-state index contributed by atoms with van der Waals surface area (Å²) in [6.07, 6.45) is 3.34. The minimum Gasteiger partial charge on any atom is -0.371 e. The van der Waals surface area contributed by atoms with Crippen LogP contribution in [-0.4, -0.2) is 40.5 Å². The third kappa shape index (κ3) is 2.31. The Hall–Kier alpha value is -0.170. The van der Waals surface area contributed by atoms with Gasteiger partial charge >= 0.3 is 0 Å². The highest BCUT2D eigenvalue weighted by Gasteiger charge is 2.45. The molecule has 1 spiro atoms. The van der Waals surface area contributed by atoms with Crippen molar-refractivity contribution in [3.8, 4) is 0 Å². The van der Waals surface area contributed by atoms with Gasteiger partial charge in [-0.25, -0.2) is 0 Å².